The van der Waals surface area contributed by atoms with Gasteiger partial charge in [-0.1, -0.05) is 25.7 Å². The van der Waals surface area contributed by atoms with Crippen molar-refractivity contribution in [2.45, 2.75) is 44.6 Å². The zero-order valence-electron chi connectivity index (χ0n) is 6.71. The molecule has 0 aromatic heterocycles. The molecule has 1 N–H and O–H groups in total. The molecule has 0 aromatic rings. The Balaban J connectivity index is 2.14. The minimum absolute atomic E-state index is 0.391. The van der Waals surface area contributed by atoms with E-state index in [9.17, 15) is 4.79 Å². The monoisotopic (exact) mass is 157 g/mol. The molecule has 11 heavy (non-hydrogen) atoms. The van der Waals surface area contributed by atoms with E-state index in [2.05, 4.69) is 10.3 Å². The molecule has 1 aliphatic rings. The second-order valence-electron chi connectivity index (χ2n) is 3.02. The molecule has 0 aromatic carbocycles. The summed E-state index contributed by atoms with van der Waals surface area (Å²) >= 11 is 0. The van der Waals surface area contributed by atoms with Crippen molar-refractivity contribution in [3.05, 3.63) is 0 Å². The smallest absolute Gasteiger partial charge is 0.312 e. The second-order valence-corrected chi connectivity index (χ2v) is 3.02. The van der Waals surface area contributed by atoms with Gasteiger partial charge in [-0.15, -0.1) is 0 Å². The van der Waals surface area contributed by atoms with Crippen molar-refractivity contribution in [2.75, 3.05) is 0 Å². The van der Waals surface area contributed by atoms with Crippen LogP contribution >= 0.6 is 0 Å². The number of hydroxylamine groups is 1. The molecular weight excluding hydrogens is 142 g/mol. The lowest BCUT2D eigenvalue weighted by Crippen LogP contribution is -2.27. The van der Waals surface area contributed by atoms with Crippen LogP contribution < -0.4 is 5.48 Å². The summed E-state index contributed by atoms with van der Waals surface area (Å²) in [5, 5.41) is 0. The topological polar surface area (TPSA) is 38.3 Å². The number of carbonyl (C=O) groups excluding carboxylic acids is 1. The van der Waals surface area contributed by atoms with Crippen LogP contribution in [0, 0.1) is 0 Å². The fraction of sp³-hybridized carbons (Fsp3) is 0.875. The van der Waals surface area contributed by atoms with Crippen LogP contribution in [0.1, 0.15) is 38.5 Å². The van der Waals surface area contributed by atoms with Crippen molar-refractivity contribution < 1.29 is 9.63 Å². The predicted molar refractivity (Wildman–Crippen MR) is 41.8 cm³/mol. The molecule has 0 saturated heterocycles. The minimum atomic E-state index is 0.391. The van der Waals surface area contributed by atoms with Crippen LogP contribution in [-0.2, 0) is 9.63 Å². The highest BCUT2D eigenvalue weighted by Crippen LogP contribution is 2.16. The lowest BCUT2D eigenvalue weighted by atomic mass is 10.1. The van der Waals surface area contributed by atoms with E-state index in [4.69, 9.17) is 0 Å². The summed E-state index contributed by atoms with van der Waals surface area (Å²) in [7, 11) is 0. The number of nitrogens with one attached hydrogen (secondary N) is 1. The van der Waals surface area contributed by atoms with Gasteiger partial charge in [0, 0.05) is 6.04 Å². The lowest BCUT2D eigenvalue weighted by Gasteiger charge is -2.12. The third-order valence-corrected chi connectivity index (χ3v) is 2.14. The second kappa shape index (κ2) is 5.13. The zero-order chi connectivity index (χ0) is 7.94. The van der Waals surface area contributed by atoms with E-state index < -0.39 is 0 Å². The van der Waals surface area contributed by atoms with Gasteiger partial charge in [0.05, 0.1) is 0 Å². The van der Waals surface area contributed by atoms with E-state index in [1.165, 1.54) is 25.7 Å². The Hall–Kier alpha value is -0.570. The van der Waals surface area contributed by atoms with Crippen LogP contribution in [0.5, 0.6) is 0 Å². The summed E-state index contributed by atoms with van der Waals surface area (Å²) in [5.41, 5.74) is 2.74. The van der Waals surface area contributed by atoms with E-state index in [1.54, 1.807) is 0 Å². The van der Waals surface area contributed by atoms with Gasteiger partial charge in [-0.3, -0.25) is 4.79 Å². The molecule has 0 aliphatic heterocycles. The minimum Gasteiger partial charge on any atom is -0.373 e. The molecule has 3 heteroatoms. The Bertz CT molecular complexity index is 109. The molecular formula is C8H15NO2. The molecule has 1 rings (SSSR count). The molecule has 1 fully saturated rings. The Labute approximate surface area is 67.1 Å². The number of hydrogen-bond donors (Lipinski definition) is 1. The third kappa shape index (κ3) is 3.37. The van der Waals surface area contributed by atoms with Crippen LogP contribution in [0.25, 0.3) is 0 Å². The molecule has 3 nitrogen and oxygen atoms in total. The van der Waals surface area contributed by atoms with E-state index in [0.29, 0.717) is 12.5 Å². The summed E-state index contributed by atoms with van der Waals surface area (Å²) < 4.78 is 0. The van der Waals surface area contributed by atoms with Crippen LogP contribution in [0.3, 0.4) is 0 Å². The maximum absolute atomic E-state index is 9.85. The fourth-order valence-electron chi connectivity index (χ4n) is 1.52. The first-order valence-corrected chi connectivity index (χ1v) is 4.28. The van der Waals surface area contributed by atoms with Gasteiger partial charge >= 0.3 is 6.47 Å². The zero-order valence-corrected chi connectivity index (χ0v) is 6.71. The van der Waals surface area contributed by atoms with Crippen LogP contribution in [-0.4, -0.2) is 12.5 Å². The van der Waals surface area contributed by atoms with E-state index in [0.717, 1.165) is 12.8 Å². The average molecular weight is 157 g/mol. The van der Waals surface area contributed by atoms with Gasteiger partial charge < -0.3 is 4.84 Å². The molecule has 0 unspecified atom stereocenters. The first-order valence-electron chi connectivity index (χ1n) is 4.28. The molecule has 0 atom stereocenters. The van der Waals surface area contributed by atoms with Crippen molar-refractivity contribution in [3.63, 3.8) is 0 Å². The van der Waals surface area contributed by atoms with Gasteiger partial charge in [0.25, 0.3) is 0 Å². The lowest BCUT2D eigenvalue weighted by molar-refractivity contribution is -0.137. The van der Waals surface area contributed by atoms with Crippen LogP contribution in [0.15, 0.2) is 0 Å². The summed E-state index contributed by atoms with van der Waals surface area (Å²) in [6.45, 7) is 0.449. The Morgan fingerprint density at radius 2 is 1.82 bits per heavy atom. The van der Waals surface area contributed by atoms with E-state index in [1.807, 2.05) is 0 Å². The highest BCUT2D eigenvalue weighted by molar-refractivity contribution is 5.36. The highest BCUT2D eigenvalue weighted by Gasteiger charge is 2.11. The molecule has 0 amide bonds. The molecule has 1 aliphatic carbocycles. The van der Waals surface area contributed by atoms with Crippen LogP contribution in [0.2, 0.25) is 0 Å². The molecule has 0 radical (unpaired) electrons. The predicted octanol–water partition coefficient (Wildman–Crippen LogP) is 1.39. The first-order chi connectivity index (χ1) is 5.43. The average Bonchev–Trinajstić information content (AvgIpc) is 2.28. The van der Waals surface area contributed by atoms with Gasteiger partial charge in [0.2, 0.25) is 0 Å². The molecule has 0 bridgehead atoms. The van der Waals surface area contributed by atoms with Gasteiger partial charge in [0.1, 0.15) is 0 Å². The van der Waals surface area contributed by atoms with E-state index >= 15 is 0 Å². The first kappa shape index (κ1) is 8.53. The Kier molecular flexibility index (Phi) is 3.98. The quantitative estimate of drug-likeness (QED) is 0.382. The Morgan fingerprint density at radius 1 is 1.18 bits per heavy atom. The molecule has 1 saturated carbocycles. The van der Waals surface area contributed by atoms with Crippen molar-refractivity contribution in [1.82, 2.24) is 5.48 Å². The normalized spacial score (nSPS) is 20.7. The standard InChI is InChI=1S/C8H15NO2/c10-7-11-9-8-5-3-1-2-4-6-8/h7-9H,1-6H2. The van der Waals surface area contributed by atoms with Crippen molar-refractivity contribution in [1.29, 1.82) is 0 Å². The summed E-state index contributed by atoms with van der Waals surface area (Å²) in [6, 6.07) is 0.391. The third-order valence-electron chi connectivity index (χ3n) is 2.14. The van der Waals surface area contributed by atoms with Crippen molar-refractivity contribution in [3.8, 4) is 0 Å². The summed E-state index contributed by atoms with van der Waals surface area (Å²) in [5.74, 6) is 0. The number of rotatable bonds is 3. The van der Waals surface area contributed by atoms with Gasteiger partial charge in [0.15, 0.2) is 0 Å². The maximum Gasteiger partial charge on any atom is 0.312 e. The number of hydrogen-bond acceptors (Lipinski definition) is 3. The van der Waals surface area contributed by atoms with Crippen LogP contribution in [0.4, 0.5) is 0 Å². The number of carbonyl (C=O) groups is 1. The molecule has 0 heterocycles. The van der Waals surface area contributed by atoms with Gasteiger partial charge in [-0.05, 0) is 12.8 Å². The summed E-state index contributed by atoms with van der Waals surface area (Å²) in [6.07, 6.45) is 7.40. The SMILES string of the molecule is O=CONC1CCCCCC1. The van der Waals surface area contributed by atoms with Crippen molar-refractivity contribution >= 4 is 6.47 Å². The molecule has 0 spiro atoms. The highest BCUT2D eigenvalue weighted by atomic mass is 16.7. The Morgan fingerprint density at radius 3 is 2.36 bits per heavy atom. The van der Waals surface area contributed by atoms with E-state index in [-0.39, 0.29) is 0 Å². The van der Waals surface area contributed by atoms with Gasteiger partial charge in [-0.25, -0.2) is 0 Å². The maximum atomic E-state index is 9.85. The fourth-order valence-corrected chi connectivity index (χ4v) is 1.52. The largest absolute Gasteiger partial charge is 0.373 e. The summed E-state index contributed by atoms with van der Waals surface area (Å²) in [4.78, 5) is 14.3. The van der Waals surface area contributed by atoms with Crippen molar-refractivity contribution in [2.24, 2.45) is 0 Å². The van der Waals surface area contributed by atoms with Gasteiger partial charge in [-0.2, -0.15) is 5.48 Å². The molecule has 64 valence electrons.